The predicted molar refractivity (Wildman–Crippen MR) is 93.0 cm³/mol. The number of para-hydroxylation sites is 2. The first-order valence-electron chi connectivity index (χ1n) is 6.49. The van der Waals surface area contributed by atoms with Crippen LogP contribution in [0.2, 0.25) is 10.0 Å². The molecule has 3 aromatic rings. The number of anilines is 1. The smallest absolute Gasteiger partial charge is 0.337 e. The van der Waals surface area contributed by atoms with Crippen molar-refractivity contribution in [1.29, 1.82) is 0 Å². The third kappa shape index (κ3) is 3.76. The van der Waals surface area contributed by atoms with Crippen LogP contribution in [0, 0.1) is 0 Å². The second-order valence-corrected chi connectivity index (χ2v) is 5.39. The lowest BCUT2D eigenvalue weighted by atomic mass is 10.2. The van der Waals surface area contributed by atoms with Crippen LogP contribution in [0.3, 0.4) is 0 Å². The highest BCUT2D eigenvalue weighted by Crippen LogP contribution is 2.21. The third-order valence-corrected chi connectivity index (χ3v) is 3.65. The molecule has 5 N–H and O–H groups in total. The van der Waals surface area contributed by atoms with E-state index in [1.165, 1.54) is 6.07 Å². The average Bonchev–Trinajstić information content (AvgIpc) is 2.51. The van der Waals surface area contributed by atoms with Gasteiger partial charge in [0.15, 0.2) is 0 Å². The van der Waals surface area contributed by atoms with Crippen LogP contribution in [-0.2, 0) is 0 Å². The second-order valence-electron chi connectivity index (χ2n) is 4.58. The molecule has 0 saturated heterocycles. The molecule has 1 heterocycles. The maximum atomic E-state index is 11.2. The average molecular weight is 368 g/mol. The minimum atomic E-state index is -1.06. The fraction of sp³-hybridized carbons (Fsp3) is 0. The zero-order valence-corrected chi connectivity index (χ0v) is 13.5. The summed E-state index contributed by atoms with van der Waals surface area (Å²) in [6, 6.07) is 9.35. The Kier molecular flexibility index (Phi) is 5.28. The highest BCUT2D eigenvalue weighted by Gasteiger charge is 2.08. The molecular weight excluding hydrogens is 357 g/mol. The summed E-state index contributed by atoms with van der Waals surface area (Å²) in [6.07, 6.45) is 0. The molecule has 0 unspecified atom stereocenters. The van der Waals surface area contributed by atoms with E-state index in [9.17, 15) is 14.4 Å². The number of aromatic nitrogens is 2. The summed E-state index contributed by atoms with van der Waals surface area (Å²) in [6.45, 7) is 0. The van der Waals surface area contributed by atoms with Crippen molar-refractivity contribution in [3.8, 4) is 0 Å². The first-order valence-corrected chi connectivity index (χ1v) is 7.25. The number of H-pyrrole nitrogens is 2. The monoisotopic (exact) mass is 367 g/mol. The minimum Gasteiger partial charge on any atom is -0.478 e. The molecule has 9 heteroatoms. The molecule has 0 bridgehead atoms. The Morgan fingerprint density at radius 2 is 1.62 bits per heavy atom. The quantitative estimate of drug-likeness (QED) is 0.491. The number of aromatic amines is 2. The van der Waals surface area contributed by atoms with Crippen molar-refractivity contribution in [3.05, 3.63) is 72.8 Å². The molecule has 0 fully saturated rings. The Morgan fingerprint density at radius 3 is 2.25 bits per heavy atom. The summed E-state index contributed by atoms with van der Waals surface area (Å²) >= 11 is 11.3. The van der Waals surface area contributed by atoms with Crippen LogP contribution >= 0.6 is 23.2 Å². The lowest BCUT2D eigenvalue weighted by Crippen LogP contribution is -2.21. The van der Waals surface area contributed by atoms with Gasteiger partial charge in [-0.15, -0.1) is 0 Å². The van der Waals surface area contributed by atoms with E-state index in [4.69, 9.17) is 34.0 Å². The molecule has 1 aromatic heterocycles. The number of nitrogens with two attached hydrogens (primary N) is 1. The van der Waals surface area contributed by atoms with Gasteiger partial charge >= 0.3 is 11.7 Å². The van der Waals surface area contributed by atoms with Crippen molar-refractivity contribution in [2.45, 2.75) is 0 Å². The number of rotatable bonds is 1. The topological polar surface area (TPSA) is 129 Å². The molecule has 7 nitrogen and oxygen atoms in total. The first kappa shape index (κ1) is 17.6. The van der Waals surface area contributed by atoms with Crippen LogP contribution < -0.4 is 17.0 Å². The van der Waals surface area contributed by atoms with E-state index >= 15 is 0 Å². The van der Waals surface area contributed by atoms with Gasteiger partial charge in [-0.1, -0.05) is 35.3 Å². The van der Waals surface area contributed by atoms with Crippen LogP contribution in [0.15, 0.2) is 46.0 Å². The minimum absolute atomic E-state index is 0.0394. The van der Waals surface area contributed by atoms with Crippen molar-refractivity contribution in [2.75, 3.05) is 5.73 Å². The Bertz CT molecular complexity index is 1030. The fourth-order valence-corrected chi connectivity index (χ4v) is 2.28. The van der Waals surface area contributed by atoms with Gasteiger partial charge in [-0.3, -0.25) is 9.78 Å². The molecule has 3 rings (SSSR count). The fourth-order valence-electron chi connectivity index (χ4n) is 1.88. The van der Waals surface area contributed by atoms with Crippen molar-refractivity contribution in [3.63, 3.8) is 0 Å². The molecular formula is C15H11Cl2N3O4. The van der Waals surface area contributed by atoms with Crippen molar-refractivity contribution < 1.29 is 9.90 Å². The Morgan fingerprint density at radius 1 is 1.00 bits per heavy atom. The molecule has 0 aliphatic carbocycles. The normalized spacial score (nSPS) is 10.1. The number of fused-ring (bicyclic) bond motifs is 1. The Balaban J connectivity index is 0.000000177. The van der Waals surface area contributed by atoms with Gasteiger partial charge in [0.25, 0.3) is 5.56 Å². The number of nitrogens with one attached hydrogen (secondary N) is 2. The number of carboxylic acid groups (broad SMARTS) is 1. The van der Waals surface area contributed by atoms with E-state index in [0.717, 1.165) is 0 Å². The number of carbonyl (C=O) groups is 1. The van der Waals surface area contributed by atoms with Gasteiger partial charge in [-0.05, 0) is 24.3 Å². The molecule has 0 aliphatic heterocycles. The van der Waals surface area contributed by atoms with E-state index in [2.05, 4.69) is 9.97 Å². The van der Waals surface area contributed by atoms with Gasteiger partial charge in [0.2, 0.25) is 0 Å². The highest BCUT2D eigenvalue weighted by molar-refractivity contribution is 6.35. The summed E-state index contributed by atoms with van der Waals surface area (Å²) in [5.41, 5.74) is 4.92. The molecule has 0 saturated carbocycles. The molecule has 0 radical (unpaired) electrons. The van der Waals surface area contributed by atoms with E-state index in [0.29, 0.717) is 15.9 Å². The van der Waals surface area contributed by atoms with Gasteiger partial charge in [-0.25, -0.2) is 9.59 Å². The number of nitrogen functional groups attached to an aromatic ring is 1. The standard InChI is InChI=1S/C8H5ClN2O2.C7H6ClNO2/c9-5-3-1-2-4-6(5)10-8(13)11-7(4)12;8-5-3-1-2-4(6(5)9)7(10)11/h1-3H,(H2,10,11,12,13);1-3H,9H2,(H,10,11). The van der Waals surface area contributed by atoms with Gasteiger partial charge in [0, 0.05) is 0 Å². The van der Waals surface area contributed by atoms with E-state index in [1.54, 1.807) is 30.3 Å². The summed E-state index contributed by atoms with van der Waals surface area (Å²) in [5, 5.41) is 9.56. The lowest BCUT2D eigenvalue weighted by Gasteiger charge is -2.00. The molecule has 124 valence electrons. The van der Waals surface area contributed by atoms with Gasteiger partial charge < -0.3 is 15.8 Å². The predicted octanol–water partition coefficient (Wildman–Crippen LogP) is 2.49. The molecule has 0 aliphatic rings. The summed E-state index contributed by atoms with van der Waals surface area (Å²) in [7, 11) is 0. The number of benzene rings is 2. The lowest BCUT2D eigenvalue weighted by molar-refractivity contribution is 0.0698. The van der Waals surface area contributed by atoms with Crippen molar-refractivity contribution in [1.82, 2.24) is 9.97 Å². The van der Waals surface area contributed by atoms with Gasteiger partial charge in [0.05, 0.1) is 32.2 Å². The molecule has 24 heavy (non-hydrogen) atoms. The number of halogens is 2. The van der Waals surface area contributed by atoms with Crippen LogP contribution in [0.1, 0.15) is 10.4 Å². The summed E-state index contributed by atoms with van der Waals surface area (Å²) in [5.74, 6) is -1.06. The van der Waals surface area contributed by atoms with Gasteiger partial charge in [-0.2, -0.15) is 0 Å². The number of hydrogen-bond acceptors (Lipinski definition) is 4. The SMILES string of the molecule is Nc1c(Cl)cccc1C(=O)O.O=c1[nH]c(=O)c2cccc(Cl)c2[nH]1. The van der Waals surface area contributed by atoms with Crippen LogP contribution in [0.4, 0.5) is 5.69 Å². The molecule has 2 aromatic carbocycles. The zero-order valence-electron chi connectivity index (χ0n) is 12.0. The maximum Gasteiger partial charge on any atom is 0.337 e. The van der Waals surface area contributed by atoms with Crippen molar-refractivity contribution in [2.24, 2.45) is 0 Å². The maximum absolute atomic E-state index is 11.2. The molecule has 0 spiro atoms. The van der Waals surface area contributed by atoms with E-state index < -0.39 is 17.2 Å². The van der Waals surface area contributed by atoms with E-state index in [1.807, 2.05) is 0 Å². The summed E-state index contributed by atoms with van der Waals surface area (Å²) in [4.78, 5) is 37.1. The highest BCUT2D eigenvalue weighted by atomic mass is 35.5. The molecule has 0 amide bonds. The number of aromatic carboxylic acids is 1. The first-order chi connectivity index (χ1) is 11.3. The summed E-state index contributed by atoms with van der Waals surface area (Å²) < 4.78 is 0. The second kappa shape index (κ2) is 7.20. The van der Waals surface area contributed by atoms with Crippen LogP contribution in [-0.4, -0.2) is 21.0 Å². The van der Waals surface area contributed by atoms with E-state index in [-0.39, 0.29) is 16.3 Å². The van der Waals surface area contributed by atoms with Crippen LogP contribution in [0.5, 0.6) is 0 Å². The number of carboxylic acids is 1. The third-order valence-electron chi connectivity index (χ3n) is 3.01. The zero-order chi connectivity index (χ0) is 17.9. The van der Waals surface area contributed by atoms with Crippen molar-refractivity contribution >= 4 is 45.8 Å². The number of hydrogen-bond donors (Lipinski definition) is 4. The Hall–Kier alpha value is -2.77. The largest absolute Gasteiger partial charge is 0.478 e. The molecule has 0 atom stereocenters. The van der Waals surface area contributed by atoms with Gasteiger partial charge in [0.1, 0.15) is 0 Å². The van der Waals surface area contributed by atoms with Crippen LogP contribution in [0.25, 0.3) is 10.9 Å². The Labute approximate surface area is 144 Å².